The molecule has 0 radical (unpaired) electrons. The number of hydrogen-bond donors (Lipinski definition) is 1. The second-order valence-electron chi connectivity index (χ2n) is 6.87. The number of anilines is 1. The van der Waals surface area contributed by atoms with Crippen LogP contribution < -0.4 is 5.32 Å². The molecule has 32 heavy (non-hydrogen) atoms. The predicted molar refractivity (Wildman–Crippen MR) is 103 cm³/mol. The molecule has 168 valence electrons. The van der Waals surface area contributed by atoms with Crippen molar-refractivity contribution in [3.05, 3.63) is 83.4 Å². The molecule has 0 unspecified atom stereocenters. The summed E-state index contributed by atoms with van der Waals surface area (Å²) >= 11 is 0. The maximum atomic E-state index is 13.5. The van der Waals surface area contributed by atoms with Gasteiger partial charge in [-0.1, -0.05) is 18.2 Å². The smallest absolute Gasteiger partial charge is 0.326 e. The van der Waals surface area contributed by atoms with Crippen LogP contribution in [0.15, 0.2) is 60.8 Å². The maximum Gasteiger partial charge on any atom is 0.417 e. The molecular weight excluding hydrogens is 441 g/mol. The third-order valence-electron chi connectivity index (χ3n) is 4.57. The van der Waals surface area contributed by atoms with Crippen molar-refractivity contribution in [2.75, 3.05) is 5.32 Å². The standard InChI is InChI=1S/C22H15F7N2O/c23-19-11-14(9-10-30-19)17-7-6-16(12-18(17)22(27,28)29)31-20(32)8-3-13-1-4-15(5-2-13)21(24,25)26/h1-2,4-7,9-12H,3,8H2,(H,31,32). The summed E-state index contributed by atoms with van der Waals surface area (Å²) in [5.74, 6) is -1.54. The van der Waals surface area contributed by atoms with Crippen LogP contribution in [-0.2, 0) is 23.6 Å². The SMILES string of the molecule is O=C(CCc1ccc(C(F)(F)F)cc1)Nc1ccc(-c2ccnc(F)c2)c(C(F)(F)F)c1. The Labute approximate surface area is 177 Å². The van der Waals surface area contributed by atoms with E-state index >= 15 is 0 Å². The Morgan fingerprint density at radius 2 is 1.56 bits per heavy atom. The maximum absolute atomic E-state index is 13.5. The molecule has 2 aromatic carbocycles. The van der Waals surface area contributed by atoms with Crippen molar-refractivity contribution in [1.82, 2.24) is 4.98 Å². The van der Waals surface area contributed by atoms with E-state index in [1.54, 1.807) is 0 Å². The summed E-state index contributed by atoms with van der Waals surface area (Å²) in [5, 5.41) is 2.35. The number of aromatic nitrogens is 1. The van der Waals surface area contributed by atoms with E-state index in [2.05, 4.69) is 10.3 Å². The predicted octanol–water partition coefficient (Wildman–Crippen LogP) is 6.50. The summed E-state index contributed by atoms with van der Waals surface area (Å²) in [4.78, 5) is 15.5. The number of nitrogens with zero attached hydrogens (tertiary/aromatic N) is 1. The molecule has 0 saturated carbocycles. The molecular formula is C22H15F7N2O. The number of benzene rings is 2. The molecule has 1 heterocycles. The van der Waals surface area contributed by atoms with Crippen molar-refractivity contribution < 1.29 is 35.5 Å². The Kier molecular flexibility index (Phi) is 6.52. The Morgan fingerprint density at radius 3 is 2.16 bits per heavy atom. The fourth-order valence-electron chi connectivity index (χ4n) is 3.02. The number of amides is 1. The number of hydrogen-bond acceptors (Lipinski definition) is 2. The fourth-order valence-corrected chi connectivity index (χ4v) is 3.02. The molecule has 3 rings (SSSR count). The molecule has 0 fully saturated rings. The van der Waals surface area contributed by atoms with Gasteiger partial charge in [-0.25, -0.2) is 4.98 Å². The van der Waals surface area contributed by atoms with Crippen LogP contribution in [0, 0.1) is 5.95 Å². The second-order valence-corrected chi connectivity index (χ2v) is 6.87. The van der Waals surface area contributed by atoms with Gasteiger partial charge in [-0.3, -0.25) is 4.79 Å². The summed E-state index contributed by atoms with van der Waals surface area (Å²) in [7, 11) is 0. The van der Waals surface area contributed by atoms with E-state index in [9.17, 15) is 35.5 Å². The number of alkyl halides is 6. The van der Waals surface area contributed by atoms with Gasteiger partial charge in [-0.2, -0.15) is 30.7 Å². The van der Waals surface area contributed by atoms with Gasteiger partial charge in [0, 0.05) is 24.4 Å². The van der Waals surface area contributed by atoms with Gasteiger partial charge in [0.2, 0.25) is 11.9 Å². The number of rotatable bonds is 5. The van der Waals surface area contributed by atoms with Crippen molar-refractivity contribution in [3.63, 3.8) is 0 Å². The molecule has 3 aromatic rings. The number of carbonyl (C=O) groups is 1. The minimum atomic E-state index is -4.77. The van der Waals surface area contributed by atoms with Crippen LogP contribution in [0.1, 0.15) is 23.1 Å². The summed E-state index contributed by atoms with van der Waals surface area (Å²) < 4.78 is 91.7. The van der Waals surface area contributed by atoms with Gasteiger partial charge in [0.05, 0.1) is 11.1 Å². The van der Waals surface area contributed by atoms with E-state index in [1.807, 2.05) is 0 Å². The number of aryl methyl sites for hydroxylation is 1. The molecule has 0 atom stereocenters. The zero-order valence-corrected chi connectivity index (χ0v) is 16.2. The molecule has 0 aliphatic heterocycles. The Balaban J connectivity index is 1.72. The first-order chi connectivity index (χ1) is 14.9. The van der Waals surface area contributed by atoms with Crippen LogP contribution in [-0.4, -0.2) is 10.9 Å². The number of nitrogens with one attached hydrogen (secondary N) is 1. The van der Waals surface area contributed by atoms with E-state index in [0.29, 0.717) is 5.56 Å². The molecule has 1 aromatic heterocycles. The first-order valence-corrected chi connectivity index (χ1v) is 9.22. The molecule has 10 heteroatoms. The van der Waals surface area contributed by atoms with Gasteiger partial charge < -0.3 is 5.32 Å². The highest BCUT2D eigenvalue weighted by molar-refractivity contribution is 5.91. The van der Waals surface area contributed by atoms with Crippen molar-refractivity contribution in [2.45, 2.75) is 25.2 Å². The van der Waals surface area contributed by atoms with E-state index in [1.165, 1.54) is 24.3 Å². The molecule has 0 aliphatic carbocycles. The zero-order valence-electron chi connectivity index (χ0n) is 16.2. The zero-order chi connectivity index (χ0) is 23.5. The fraction of sp³-hybridized carbons (Fsp3) is 0.182. The van der Waals surface area contributed by atoms with Gasteiger partial charge in [0.25, 0.3) is 0 Å². The quantitative estimate of drug-likeness (QED) is 0.352. The average Bonchev–Trinajstić information content (AvgIpc) is 2.71. The highest BCUT2D eigenvalue weighted by Gasteiger charge is 2.34. The van der Waals surface area contributed by atoms with Crippen molar-refractivity contribution in [2.24, 2.45) is 0 Å². The van der Waals surface area contributed by atoms with Crippen molar-refractivity contribution in [1.29, 1.82) is 0 Å². The normalized spacial score (nSPS) is 12.0. The molecule has 0 saturated heterocycles. The summed E-state index contributed by atoms with van der Waals surface area (Å²) in [6.45, 7) is 0. The first-order valence-electron chi connectivity index (χ1n) is 9.22. The Morgan fingerprint density at radius 1 is 0.875 bits per heavy atom. The van der Waals surface area contributed by atoms with Crippen LogP contribution in [0.4, 0.5) is 36.4 Å². The first kappa shape index (κ1) is 23.2. The minimum absolute atomic E-state index is 0.0231. The average molecular weight is 456 g/mol. The lowest BCUT2D eigenvalue weighted by atomic mass is 9.99. The van der Waals surface area contributed by atoms with E-state index in [-0.39, 0.29) is 29.7 Å². The van der Waals surface area contributed by atoms with Gasteiger partial charge >= 0.3 is 12.4 Å². The van der Waals surface area contributed by atoms with Crippen molar-refractivity contribution in [3.8, 4) is 11.1 Å². The molecule has 3 nitrogen and oxygen atoms in total. The largest absolute Gasteiger partial charge is 0.417 e. The van der Waals surface area contributed by atoms with E-state index in [4.69, 9.17) is 0 Å². The molecule has 0 bridgehead atoms. The highest BCUT2D eigenvalue weighted by Crippen LogP contribution is 2.38. The van der Waals surface area contributed by atoms with Gasteiger partial charge in [0.15, 0.2) is 0 Å². The number of pyridine rings is 1. The molecule has 0 aliphatic rings. The lowest BCUT2D eigenvalue weighted by molar-refractivity contribution is -0.138. The third kappa shape index (κ3) is 5.83. The van der Waals surface area contributed by atoms with Crippen LogP contribution in [0.3, 0.4) is 0 Å². The number of carbonyl (C=O) groups excluding carboxylic acids is 1. The lowest BCUT2D eigenvalue weighted by Crippen LogP contribution is -2.14. The third-order valence-corrected chi connectivity index (χ3v) is 4.57. The summed E-state index contributed by atoms with van der Waals surface area (Å²) in [6, 6.07) is 9.46. The van der Waals surface area contributed by atoms with Gasteiger partial charge in [0.1, 0.15) is 0 Å². The Hall–Kier alpha value is -3.43. The summed E-state index contributed by atoms with van der Waals surface area (Å²) in [6.07, 6.45) is -8.24. The van der Waals surface area contributed by atoms with Crippen LogP contribution in [0.5, 0.6) is 0 Å². The van der Waals surface area contributed by atoms with Crippen LogP contribution in [0.25, 0.3) is 11.1 Å². The monoisotopic (exact) mass is 456 g/mol. The number of halogens is 7. The van der Waals surface area contributed by atoms with E-state index in [0.717, 1.165) is 36.5 Å². The van der Waals surface area contributed by atoms with E-state index < -0.39 is 35.3 Å². The minimum Gasteiger partial charge on any atom is -0.326 e. The lowest BCUT2D eigenvalue weighted by Gasteiger charge is -2.15. The van der Waals surface area contributed by atoms with Crippen LogP contribution in [0.2, 0.25) is 0 Å². The Bertz CT molecular complexity index is 1110. The van der Waals surface area contributed by atoms with Gasteiger partial charge in [-0.15, -0.1) is 0 Å². The highest BCUT2D eigenvalue weighted by atomic mass is 19.4. The second kappa shape index (κ2) is 8.97. The molecule has 1 N–H and O–H groups in total. The molecule has 0 spiro atoms. The summed E-state index contributed by atoms with van der Waals surface area (Å²) in [5.41, 5.74) is -1.83. The van der Waals surface area contributed by atoms with Crippen LogP contribution >= 0.6 is 0 Å². The van der Waals surface area contributed by atoms with Gasteiger partial charge in [-0.05, 0) is 53.4 Å². The topological polar surface area (TPSA) is 42.0 Å². The van der Waals surface area contributed by atoms with Crippen molar-refractivity contribution >= 4 is 11.6 Å². The molecule has 1 amide bonds.